The third kappa shape index (κ3) is 5.12. The molecule has 0 aromatic carbocycles. The second-order valence-corrected chi connectivity index (χ2v) is 2.37. The summed E-state index contributed by atoms with van der Waals surface area (Å²) in [7, 11) is 0. The Labute approximate surface area is 73.6 Å². The Bertz CT molecular complexity index is 174. The molecule has 2 unspecified atom stereocenters. The van der Waals surface area contributed by atoms with Gasteiger partial charge in [0.05, 0.1) is 0 Å². The van der Waals surface area contributed by atoms with Gasteiger partial charge in [0.25, 0.3) is 0 Å². The monoisotopic (exact) mass is 193 g/mol. The lowest BCUT2D eigenvalue weighted by atomic mass is 10.3. The van der Waals surface area contributed by atoms with Gasteiger partial charge >= 0.3 is 11.9 Å². The van der Waals surface area contributed by atoms with E-state index in [0.717, 1.165) is 0 Å². The molecule has 0 aliphatic rings. The Kier molecular flexibility index (Phi) is 4.97. The van der Waals surface area contributed by atoms with Gasteiger partial charge in [0.15, 0.2) is 12.2 Å². The number of aliphatic carboxylic acids is 2. The van der Waals surface area contributed by atoms with Crippen molar-refractivity contribution < 1.29 is 30.0 Å². The molecule has 76 valence electrons. The molecule has 0 heterocycles. The highest BCUT2D eigenvalue weighted by molar-refractivity contribution is 5.72. The Morgan fingerprint density at radius 1 is 1.00 bits per heavy atom. The maximum atomic E-state index is 10.0. The molecule has 13 heavy (non-hydrogen) atoms. The van der Waals surface area contributed by atoms with Crippen LogP contribution >= 0.6 is 0 Å². The zero-order valence-electron chi connectivity index (χ0n) is 6.67. The molecule has 2 atom stereocenters. The predicted molar refractivity (Wildman–Crippen MR) is 40.2 cm³/mol. The van der Waals surface area contributed by atoms with Crippen LogP contribution in [0.2, 0.25) is 0 Å². The second-order valence-electron chi connectivity index (χ2n) is 2.37. The van der Waals surface area contributed by atoms with Crippen molar-refractivity contribution in [3.63, 3.8) is 0 Å². The molecular weight excluding hydrogens is 182 g/mol. The highest BCUT2D eigenvalue weighted by Gasteiger charge is 2.15. The van der Waals surface area contributed by atoms with Crippen molar-refractivity contribution in [3.05, 3.63) is 0 Å². The van der Waals surface area contributed by atoms with Crippen molar-refractivity contribution in [1.29, 1.82) is 0 Å². The lowest BCUT2D eigenvalue weighted by Gasteiger charge is -2.09. The van der Waals surface area contributed by atoms with Gasteiger partial charge in [0.1, 0.15) is 0 Å². The van der Waals surface area contributed by atoms with Crippen LogP contribution in [0.4, 0.5) is 0 Å². The number of carboxylic acids is 2. The minimum atomic E-state index is -1.60. The van der Waals surface area contributed by atoms with E-state index in [1.165, 1.54) is 0 Å². The minimum absolute atomic E-state index is 0.306. The van der Waals surface area contributed by atoms with Gasteiger partial charge in [-0.25, -0.2) is 9.59 Å². The topological polar surface area (TPSA) is 127 Å². The quantitative estimate of drug-likeness (QED) is 0.314. The first kappa shape index (κ1) is 11.8. The molecule has 5 N–H and O–H groups in total. The fourth-order valence-electron chi connectivity index (χ4n) is 0.531. The maximum absolute atomic E-state index is 10.0. The third-order valence-electron chi connectivity index (χ3n) is 1.25. The normalized spacial score (nSPS) is 14.9. The number of aliphatic hydroxyl groups excluding tert-OH is 2. The largest absolute Gasteiger partial charge is 0.479 e. The Morgan fingerprint density at radius 2 is 1.31 bits per heavy atom. The molecule has 0 aromatic rings. The fourth-order valence-corrected chi connectivity index (χ4v) is 0.531. The van der Waals surface area contributed by atoms with E-state index in [4.69, 9.17) is 20.4 Å². The highest BCUT2D eigenvalue weighted by Crippen LogP contribution is 1.82. The van der Waals surface area contributed by atoms with Crippen LogP contribution in [0.1, 0.15) is 0 Å². The summed E-state index contributed by atoms with van der Waals surface area (Å²) in [6.07, 6.45) is -3.19. The number of carbonyl (C=O) groups is 2. The Hall–Kier alpha value is -1.18. The lowest BCUT2D eigenvalue weighted by Crippen LogP contribution is -2.39. The van der Waals surface area contributed by atoms with E-state index in [1.807, 2.05) is 0 Å². The highest BCUT2D eigenvalue weighted by atomic mass is 16.4. The second kappa shape index (κ2) is 5.46. The summed E-state index contributed by atoms with van der Waals surface area (Å²) in [5.74, 6) is -2.81. The standard InChI is InChI=1S/C6H11NO6/c8-3(5(10)11)1-7-2-4(9)6(12)13/h3-4,7-9H,1-2H2,(H,10,11)(H,12,13). The molecule has 0 saturated carbocycles. The van der Waals surface area contributed by atoms with Crippen LogP contribution in [0.25, 0.3) is 0 Å². The first-order valence-corrected chi connectivity index (χ1v) is 3.47. The first-order chi connectivity index (χ1) is 5.95. The Morgan fingerprint density at radius 3 is 1.54 bits per heavy atom. The summed E-state index contributed by atoms with van der Waals surface area (Å²) in [5.41, 5.74) is 0. The van der Waals surface area contributed by atoms with E-state index in [9.17, 15) is 9.59 Å². The zero-order valence-corrected chi connectivity index (χ0v) is 6.67. The number of rotatable bonds is 6. The summed E-state index contributed by atoms with van der Waals surface area (Å²) < 4.78 is 0. The summed E-state index contributed by atoms with van der Waals surface area (Å²) in [6, 6.07) is 0. The van der Waals surface area contributed by atoms with Gasteiger partial charge in [-0.1, -0.05) is 0 Å². The Balaban J connectivity index is 3.56. The van der Waals surface area contributed by atoms with Crippen LogP contribution < -0.4 is 5.32 Å². The van der Waals surface area contributed by atoms with Crippen LogP contribution in [0.5, 0.6) is 0 Å². The molecule has 0 aromatic heterocycles. The van der Waals surface area contributed by atoms with E-state index in [2.05, 4.69) is 5.32 Å². The molecule has 0 rings (SSSR count). The summed E-state index contributed by atoms with van der Waals surface area (Å²) in [6.45, 7) is -0.612. The number of nitrogens with one attached hydrogen (secondary N) is 1. The van der Waals surface area contributed by atoms with Crippen molar-refractivity contribution in [3.8, 4) is 0 Å². The third-order valence-corrected chi connectivity index (χ3v) is 1.25. The van der Waals surface area contributed by atoms with Crippen LogP contribution in [0, 0.1) is 0 Å². The van der Waals surface area contributed by atoms with Gasteiger partial charge in [0.2, 0.25) is 0 Å². The average molecular weight is 193 g/mol. The fraction of sp³-hybridized carbons (Fsp3) is 0.667. The van der Waals surface area contributed by atoms with Gasteiger partial charge in [-0.05, 0) is 0 Å². The molecule has 0 aliphatic carbocycles. The van der Waals surface area contributed by atoms with Gasteiger partial charge in [-0.2, -0.15) is 0 Å². The number of hydrogen-bond acceptors (Lipinski definition) is 5. The van der Waals surface area contributed by atoms with E-state index in [-0.39, 0.29) is 13.1 Å². The van der Waals surface area contributed by atoms with Crippen LogP contribution in [0.3, 0.4) is 0 Å². The van der Waals surface area contributed by atoms with Crippen molar-refractivity contribution in [2.75, 3.05) is 13.1 Å². The van der Waals surface area contributed by atoms with Crippen molar-refractivity contribution in [1.82, 2.24) is 5.32 Å². The molecule has 7 nitrogen and oxygen atoms in total. The van der Waals surface area contributed by atoms with Gasteiger partial charge in [0, 0.05) is 13.1 Å². The van der Waals surface area contributed by atoms with E-state index < -0.39 is 24.1 Å². The molecular formula is C6H11NO6. The number of aliphatic hydroxyl groups is 2. The van der Waals surface area contributed by atoms with E-state index in [1.54, 1.807) is 0 Å². The van der Waals surface area contributed by atoms with Gasteiger partial charge in [-0.3, -0.25) is 0 Å². The van der Waals surface area contributed by atoms with Gasteiger partial charge in [-0.15, -0.1) is 0 Å². The number of carboxylic acid groups (broad SMARTS) is 2. The van der Waals surface area contributed by atoms with E-state index in [0.29, 0.717) is 0 Å². The molecule has 0 radical (unpaired) electrons. The summed E-state index contributed by atoms with van der Waals surface area (Å²) in [4.78, 5) is 20.1. The van der Waals surface area contributed by atoms with Crippen LogP contribution in [-0.2, 0) is 9.59 Å². The average Bonchev–Trinajstić information content (AvgIpc) is 2.03. The van der Waals surface area contributed by atoms with Crippen LogP contribution in [-0.4, -0.2) is 57.7 Å². The molecule has 0 aliphatic heterocycles. The SMILES string of the molecule is O=C(O)C(O)CNCC(O)C(=O)O. The predicted octanol–water partition coefficient (Wildman–Crippen LogP) is -2.53. The maximum Gasteiger partial charge on any atom is 0.333 e. The summed E-state index contributed by atoms with van der Waals surface area (Å²) >= 11 is 0. The van der Waals surface area contributed by atoms with Gasteiger partial charge < -0.3 is 25.7 Å². The molecule has 0 spiro atoms. The van der Waals surface area contributed by atoms with E-state index >= 15 is 0 Å². The van der Waals surface area contributed by atoms with Crippen molar-refractivity contribution in [2.45, 2.75) is 12.2 Å². The molecule has 0 saturated heterocycles. The first-order valence-electron chi connectivity index (χ1n) is 3.47. The minimum Gasteiger partial charge on any atom is -0.479 e. The summed E-state index contributed by atoms with van der Waals surface area (Å²) in [5, 5.41) is 36.0. The van der Waals surface area contributed by atoms with Crippen LogP contribution in [0.15, 0.2) is 0 Å². The molecule has 0 fully saturated rings. The molecule has 0 amide bonds. The molecule has 7 heteroatoms. The van der Waals surface area contributed by atoms with Crippen molar-refractivity contribution in [2.24, 2.45) is 0 Å². The smallest absolute Gasteiger partial charge is 0.333 e. The lowest BCUT2D eigenvalue weighted by molar-refractivity contribution is -0.146. The zero-order chi connectivity index (χ0) is 10.4. The number of hydrogen-bond donors (Lipinski definition) is 5. The van der Waals surface area contributed by atoms with Crippen molar-refractivity contribution >= 4 is 11.9 Å². The molecule has 0 bridgehead atoms.